The van der Waals surface area contributed by atoms with Gasteiger partial charge in [-0.25, -0.2) is 36.5 Å². The van der Waals surface area contributed by atoms with Gasteiger partial charge in [-0.05, 0) is 32.3 Å². The molecular weight excluding hydrogens is 426 g/mol. The van der Waals surface area contributed by atoms with Crippen molar-refractivity contribution < 1.29 is 17.2 Å². The molecule has 11 heteroatoms. The lowest BCUT2D eigenvalue weighted by Gasteiger charge is -2.30. The SMILES string of the molecule is Cc1cc2cnc(NC3CCN(S(C)(=O)=O)CC3)nc2c(N2CCC3(C2)CC3(F)F)n1. The summed E-state index contributed by atoms with van der Waals surface area (Å²) in [6, 6.07) is 1.96. The van der Waals surface area contributed by atoms with Crippen LogP contribution in [0.15, 0.2) is 12.3 Å². The highest BCUT2D eigenvalue weighted by atomic mass is 32.2. The molecule has 5 rings (SSSR count). The number of hydrogen-bond donors (Lipinski definition) is 1. The van der Waals surface area contributed by atoms with Gasteiger partial charge in [-0.2, -0.15) is 0 Å². The largest absolute Gasteiger partial charge is 0.354 e. The second-order valence-corrected chi connectivity index (χ2v) is 11.1. The van der Waals surface area contributed by atoms with E-state index in [0.717, 1.165) is 11.1 Å². The molecule has 0 amide bonds. The van der Waals surface area contributed by atoms with Gasteiger partial charge in [-0.1, -0.05) is 0 Å². The summed E-state index contributed by atoms with van der Waals surface area (Å²) in [6.07, 6.45) is 4.70. The van der Waals surface area contributed by atoms with Crippen LogP contribution in [0.3, 0.4) is 0 Å². The maximum Gasteiger partial charge on any atom is 0.256 e. The van der Waals surface area contributed by atoms with Crippen molar-refractivity contribution in [3.05, 3.63) is 18.0 Å². The quantitative estimate of drug-likeness (QED) is 0.762. The van der Waals surface area contributed by atoms with E-state index in [9.17, 15) is 17.2 Å². The first-order valence-electron chi connectivity index (χ1n) is 10.6. The van der Waals surface area contributed by atoms with Crippen LogP contribution in [0.2, 0.25) is 0 Å². The Morgan fingerprint density at radius 1 is 1.19 bits per heavy atom. The molecular formula is C20H26F2N6O2S. The molecule has 1 atom stereocenters. The highest BCUT2D eigenvalue weighted by molar-refractivity contribution is 7.88. The van der Waals surface area contributed by atoms with Gasteiger partial charge in [0.15, 0.2) is 5.82 Å². The molecule has 2 saturated heterocycles. The summed E-state index contributed by atoms with van der Waals surface area (Å²) in [4.78, 5) is 15.7. The number of alkyl halides is 2. The molecule has 3 aliphatic rings. The van der Waals surface area contributed by atoms with Crippen molar-refractivity contribution in [2.24, 2.45) is 5.41 Å². The van der Waals surface area contributed by atoms with E-state index in [4.69, 9.17) is 0 Å². The minimum atomic E-state index is -3.18. The molecule has 31 heavy (non-hydrogen) atoms. The van der Waals surface area contributed by atoms with Gasteiger partial charge in [0.25, 0.3) is 5.92 Å². The van der Waals surface area contributed by atoms with Crippen LogP contribution in [-0.2, 0) is 10.0 Å². The number of rotatable bonds is 4. The maximum absolute atomic E-state index is 13.9. The average molecular weight is 453 g/mol. The lowest BCUT2D eigenvalue weighted by molar-refractivity contribution is 0.0711. The van der Waals surface area contributed by atoms with Gasteiger partial charge in [0, 0.05) is 55.9 Å². The van der Waals surface area contributed by atoms with Crippen LogP contribution < -0.4 is 10.2 Å². The van der Waals surface area contributed by atoms with E-state index >= 15 is 0 Å². The predicted octanol–water partition coefficient (Wildman–Crippen LogP) is 2.40. The summed E-state index contributed by atoms with van der Waals surface area (Å²) in [6.45, 7) is 3.63. The first-order valence-corrected chi connectivity index (χ1v) is 12.4. The van der Waals surface area contributed by atoms with E-state index < -0.39 is 21.4 Å². The highest BCUT2D eigenvalue weighted by Crippen LogP contribution is 2.65. The van der Waals surface area contributed by atoms with E-state index in [1.165, 1.54) is 10.6 Å². The molecule has 2 aromatic rings. The summed E-state index contributed by atoms with van der Waals surface area (Å²) >= 11 is 0. The molecule has 2 aromatic heterocycles. The van der Waals surface area contributed by atoms with Crippen LogP contribution in [0.4, 0.5) is 20.5 Å². The normalized spacial score (nSPS) is 26.6. The first-order chi connectivity index (χ1) is 14.6. The number of aryl methyl sites for hydroxylation is 1. The number of nitrogens with one attached hydrogen (secondary N) is 1. The smallest absolute Gasteiger partial charge is 0.256 e. The number of pyridine rings is 1. The van der Waals surface area contributed by atoms with Gasteiger partial charge in [0.1, 0.15) is 5.52 Å². The van der Waals surface area contributed by atoms with Crippen molar-refractivity contribution in [2.75, 3.05) is 42.7 Å². The van der Waals surface area contributed by atoms with Crippen LogP contribution in [0.5, 0.6) is 0 Å². The van der Waals surface area contributed by atoms with E-state index in [1.54, 1.807) is 6.20 Å². The Bertz CT molecular complexity index is 1140. The Morgan fingerprint density at radius 2 is 1.90 bits per heavy atom. The van der Waals surface area contributed by atoms with Crippen LogP contribution in [0.1, 0.15) is 31.4 Å². The number of anilines is 2. The summed E-state index contributed by atoms with van der Waals surface area (Å²) in [5, 5.41) is 4.13. The standard InChI is InChI=1S/C20H26F2N6O2S/c1-13-9-14-10-23-18(25-15-3-6-28(7-4-15)31(2,29)30)26-16(14)17(24-13)27-8-5-19(12-27)11-20(19,21)22/h9-10,15H,3-8,11-12H2,1-2H3,(H,23,25,26). The summed E-state index contributed by atoms with van der Waals surface area (Å²) in [5.41, 5.74) is 0.535. The first kappa shape index (κ1) is 20.7. The minimum absolute atomic E-state index is 0.0474. The second kappa shape index (κ2) is 6.93. The van der Waals surface area contributed by atoms with Crippen molar-refractivity contribution in [3.63, 3.8) is 0 Å². The average Bonchev–Trinajstić information content (AvgIpc) is 3.02. The fourth-order valence-electron chi connectivity index (χ4n) is 4.83. The molecule has 4 heterocycles. The minimum Gasteiger partial charge on any atom is -0.354 e. The predicted molar refractivity (Wildman–Crippen MR) is 114 cm³/mol. The van der Waals surface area contributed by atoms with E-state index in [-0.39, 0.29) is 12.5 Å². The van der Waals surface area contributed by atoms with Gasteiger partial charge >= 0.3 is 0 Å². The fourth-order valence-corrected chi connectivity index (χ4v) is 5.71. The van der Waals surface area contributed by atoms with Crippen molar-refractivity contribution in [1.82, 2.24) is 19.3 Å². The van der Waals surface area contributed by atoms with Crippen LogP contribution >= 0.6 is 0 Å². The van der Waals surface area contributed by atoms with Gasteiger partial charge in [0.05, 0.1) is 11.7 Å². The highest BCUT2D eigenvalue weighted by Gasteiger charge is 2.72. The lowest BCUT2D eigenvalue weighted by Crippen LogP contribution is -2.42. The molecule has 1 unspecified atom stereocenters. The number of halogens is 2. The van der Waals surface area contributed by atoms with Crippen molar-refractivity contribution in [1.29, 1.82) is 0 Å². The number of nitrogens with zero attached hydrogens (tertiary/aromatic N) is 5. The molecule has 1 aliphatic carbocycles. The number of fused-ring (bicyclic) bond motifs is 1. The lowest BCUT2D eigenvalue weighted by atomic mass is 10.1. The maximum atomic E-state index is 13.9. The zero-order valence-corrected chi connectivity index (χ0v) is 18.4. The number of sulfonamides is 1. The van der Waals surface area contributed by atoms with Crippen LogP contribution in [0.25, 0.3) is 10.9 Å². The molecule has 0 aromatic carbocycles. The second-order valence-electron chi connectivity index (χ2n) is 9.13. The van der Waals surface area contributed by atoms with Crippen LogP contribution in [0, 0.1) is 12.3 Å². The van der Waals surface area contributed by atoms with E-state index in [0.29, 0.717) is 62.7 Å². The zero-order chi connectivity index (χ0) is 22.0. The molecule has 8 nitrogen and oxygen atoms in total. The zero-order valence-electron chi connectivity index (χ0n) is 17.6. The third kappa shape index (κ3) is 3.71. The Balaban J connectivity index is 1.37. The Hall–Kier alpha value is -2.14. The van der Waals surface area contributed by atoms with E-state index in [2.05, 4.69) is 20.3 Å². The Morgan fingerprint density at radius 3 is 2.52 bits per heavy atom. The molecule has 1 spiro atoms. The topological polar surface area (TPSA) is 91.3 Å². The molecule has 0 bridgehead atoms. The van der Waals surface area contributed by atoms with Crippen molar-refractivity contribution in [2.45, 2.75) is 44.6 Å². The summed E-state index contributed by atoms with van der Waals surface area (Å²) in [7, 11) is -3.18. The number of piperidine rings is 1. The Kier molecular flexibility index (Phi) is 4.64. The van der Waals surface area contributed by atoms with Gasteiger partial charge in [-0.15, -0.1) is 0 Å². The van der Waals surface area contributed by atoms with Gasteiger partial charge < -0.3 is 10.2 Å². The molecule has 1 N–H and O–H groups in total. The number of aromatic nitrogens is 3. The van der Waals surface area contributed by atoms with Gasteiger partial charge in [-0.3, -0.25) is 0 Å². The molecule has 168 valence electrons. The number of hydrogen-bond acceptors (Lipinski definition) is 7. The summed E-state index contributed by atoms with van der Waals surface area (Å²) in [5.74, 6) is -1.50. The molecule has 2 aliphatic heterocycles. The van der Waals surface area contributed by atoms with Gasteiger partial charge in [0.2, 0.25) is 16.0 Å². The van der Waals surface area contributed by atoms with Crippen molar-refractivity contribution >= 4 is 32.7 Å². The summed E-state index contributed by atoms with van der Waals surface area (Å²) < 4.78 is 52.6. The fraction of sp³-hybridized carbons (Fsp3) is 0.650. The molecule has 3 fully saturated rings. The molecule has 1 saturated carbocycles. The molecule has 0 radical (unpaired) electrons. The third-order valence-corrected chi connectivity index (χ3v) is 8.10. The van der Waals surface area contributed by atoms with E-state index in [1.807, 2.05) is 17.9 Å². The van der Waals surface area contributed by atoms with Crippen LogP contribution in [-0.4, -0.2) is 72.1 Å². The third-order valence-electron chi connectivity index (χ3n) is 6.80. The Labute approximate surface area is 180 Å². The monoisotopic (exact) mass is 452 g/mol. The van der Waals surface area contributed by atoms with Crippen molar-refractivity contribution in [3.8, 4) is 0 Å².